The highest BCUT2D eigenvalue weighted by atomic mass is 32.2. The van der Waals surface area contributed by atoms with Gasteiger partial charge in [0.15, 0.2) is 0 Å². The van der Waals surface area contributed by atoms with Crippen LogP contribution in [0.2, 0.25) is 0 Å². The summed E-state index contributed by atoms with van der Waals surface area (Å²) in [6, 6.07) is 10.1. The fourth-order valence-electron chi connectivity index (χ4n) is 2.79. The first-order valence-corrected chi connectivity index (χ1v) is 8.71. The molecule has 1 aliphatic rings. The van der Waals surface area contributed by atoms with Gasteiger partial charge in [0.2, 0.25) is 5.91 Å². The van der Waals surface area contributed by atoms with Crippen molar-refractivity contribution in [1.29, 1.82) is 5.26 Å². The van der Waals surface area contributed by atoms with Gasteiger partial charge in [-0.2, -0.15) is 5.26 Å². The van der Waals surface area contributed by atoms with E-state index in [-0.39, 0.29) is 5.91 Å². The van der Waals surface area contributed by atoms with Gasteiger partial charge < -0.3 is 5.32 Å². The molecule has 2 atom stereocenters. The van der Waals surface area contributed by atoms with E-state index in [1.165, 1.54) is 19.3 Å². The SMILES string of the molecule is C[C@H]1CCCC[C@H]1NC(=O)CSCc1ccccc1C#N. The minimum atomic E-state index is 0.119. The minimum Gasteiger partial charge on any atom is -0.352 e. The number of benzene rings is 1. The molecule has 1 amide bonds. The van der Waals surface area contributed by atoms with Gasteiger partial charge in [0, 0.05) is 11.8 Å². The fourth-order valence-corrected chi connectivity index (χ4v) is 3.63. The monoisotopic (exact) mass is 302 g/mol. The zero-order chi connectivity index (χ0) is 15.1. The number of hydrogen-bond acceptors (Lipinski definition) is 3. The summed E-state index contributed by atoms with van der Waals surface area (Å²) in [6.45, 7) is 2.22. The van der Waals surface area contributed by atoms with Crippen LogP contribution < -0.4 is 5.32 Å². The summed E-state index contributed by atoms with van der Waals surface area (Å²) >= 11 is 1.57. The van der Waals surface area contributed by atoms with Crippen molar-refractivity contribution in [1.82, 2.24) is 5.32 Å². The molecule has 0 unspecified atom stereocenters. The molecule has 0 spiro atoms. The number of nitrogens with zero attached hydrogens (tertiary/aromatic N) is 1. The Bertz CT molecular complexity index is 524. The number of rotatable bonds is 5. The molecule has 1 aromatic rings. The summed E-state index contributed by atoms with van der Waals surface area (Å²) in [5, 5.41) is 12.2. The summed E-state index contributed by atoms with van der Waals surface area (Å²) in [4.78, 5) is 12.0. The summed E-state index contributed by atoms with van der Waals surface area (Å²) in [7, 11) is 0. The molecule has 1 aromatic carbocycles. The molecule has 0 saturated heterocycles. The van der Waals surface area contributed by atoms with Crippen molar-refractivity contribution in [2.24, 2.45) is 5.92 Å². The second kappa shape index (κ2) is 8.09. The Hall–Kier alpha value is -1.47. The molecule has 4 heteroatoms. The molecule has 0 aliphatic heterocycles. The van der Waals surface area contributed by atoms with Crippen molar-refractivity contribution < 1.29 is 4.79 Å². The van der Waals surface area contributed by atoms with E-state index in [0.29, 0.717) is 29.0 Å². The van der Waals surface area contributed by atoms with Crippen LogP contribution in [0.1, 0.15) is 43.7 Å². The van der Waals surface area contributed by atoms with E-state index >= 15 is 0 Å². The van der Waals surface area contributed by atoms with Crippen LogP contribution in [-0.2, 0) is 10.5 Å². The summed E-state index contributed by atoms with van der Waals surface area (Å²) in [5.41, 5.74) is 1.70. The number of nitriles is 1. The summed E-state index contributed by atoms with van der Waals surface area (Å²) in [6.07, 6.45) is 4.83. The van der Waals surface area contributed by atoms with Gasteiger partial charge in [0.05, 0.1) is 17.4 Å². The van der Waals surface area contributed by atoms with E-state index in [4.69, 9.17) is 5.26 Å². The average molecular weight is 302 g/mol. The Morgan fingerprint density at radius 1 is 1.38 bits per heavy atom. The van der Waals surface area contributed by atoms with E-state index < -0.39 is 0 Å². The fraction of sp³-hybridized carbons (Fsp3) is 0.529. The van der Waals surface area contributed by atoms with Gasteiger partial charge >= 0.3 is 0 Å². The number of carbonyl (C=O) groups is 1. The van der Waals surface area contributed by atoms with E-state index in [1.54, 1.807) is 11.8 Å². The molecule has 0 aromatic heterocycles. The quantitative estimate of drug-likeness (QED) is 0.906. The lowest BCUT2D eigenvalue weighted by atomic mass is 9.86. The van der Waals surface area contributed by atoms with E-state index in [9.17, 15) is 4.79 Å². The predicted octanol–water partition coefficient (Wildman–Crippen LogP) is 3.49. The van der Waals surface area contributed by atoms with Crippen LogP contribution in [0.15, 0.2) is 24.3 Å². The Morgan fingerprint density at radius 2 is 2.14 bits per heavy atom. The smallest absolute Gasteiger partial charge is 0.230 e. The highest BCUT2D eigenvalue weighted by Gasteiger charge is 2.22. The average Bonchev–Trinajstić information content (AvgIpc) is 2.50. The maximum Gasteiger partial charge on any atom is 0.230 e. The van der Waals surface area contributed by atoms with Crippen LogP contribution in [0, 0.1) is 17.2 Å². The van der Waals surface area contributed by atoms with Gasteiger partial charge in [-0.05, 0) is 30.4 Å². The topological polar surface area (TPSA) is 52.9 Å². The number of thioether (sulfide) groups is 1. The standard InChI is InChI=1S/C17H22N2OS/c1-13-6-2-5-9-16(13)19-17(20)12-21-11-15-8-4-3-7-14(15)10-18/h3-4,7-8,13,16H,2,5-6,9,11-12H2,1H3,(H,19,20)/t13-,16+/m0/s1. The number of carbonyl (C=O) groups excluding carboxylic acids is 1. The number of amides is 1. The van der Waals surface area contributed by atoms with Crippen LogP contribution in [0.5, 0.6) is 0 Å². The third-order valence-electron chi connectivity index (χ3n) is 4.09. The van der Waals surface area contributed by atoms with Crippen molar-refractivity contribution in [2.45, 2.75) is 44.4 Å². The molecule has 0 bridgehead atoms. The Labute approximate surface area is 131 Å². The Kier molecular flexibility index (Phi) is 6.13. The van der Waals surface area contributed by atoms with Gasteiger partial charge in [-0.15, -0.1) is 11.8 Å². The molecular weight excluding hydrogens is 280 g/mol. The number of nitrogens with one attached hydrogen (secondary N) is 1. The van der Waals surface area contributed by atoms with Gasteiger partial charge in [0.1, 0.15) is 0 Å². The molecule has 0 radical (unpaired) electrons. The number of hydrogen-bond donors (Lipinski definition) is 1. The maximum absolute atomic E-state index is 12.0. The van der Waals surface area contributed by atoms with Crippen LogP contribution in [0.4, 0.5) is 0 Å². The Morgan fingerprint density at radius 3 is 2.90 bits per heavy atom. The first-order chi connectivity index (χ1) is 10.2. The lowest BCUT2D eigenvalue weighted by molar-refractivity contribution is -0.119. The summed E-state index contributed by atoms with van der Waals surface area (Å²) in [5.74, 6) is 1.88. The normalized spacial score (nSPS) is 21.5. The van der Waals surface area contributed by atoms with Gasteiger partial charge in [0.25, 0.3) is 0 Å². The highest BCUT2D eigenvalue weighted by molar-refractivity contribution is 7.99. The Balaban J connectivity index is 1.75. The molecule has 2 rings (SSSR count). The lowest BCUT2D eigenvalue weighted by Crippen LogP contribution is -2.41. The van der Waals surface area contributed by atoms with Gasteiger partial charge in [-0.1, -0.05) is 38.0 Å². The first-order valence-electron chi connectivity index (χ1n) is 7.56. The van der Waals surface area contributed by atoms with Crippen LogP contribution in [-0.4, -0.2) is 17.7 Å². The molecule has 1 aliphatic carbocycles. The summed E-state index contributed by atoms with van der Waals surface area (Å²) < 4.78 is 0. The molecule has 1 N–H and O–H groups in total. The molecule has 21 heavy (non-hydrogen) atoms. The van der Waals surface area contributed by atoms with Crippen molar-refractivity contribution >= 4 is 17.7 Å². The van der Waals surface area contributed by atoms with Crippen molar-refractivity contribution in [3.63, 3.8) is 0 Å². The van der Waals surface area contributed by atoms with E-state index in [0.717, 1.165) is 12.0 Å². The third kappa shape index (κ3) is 4.78. The largest absolute Gasteiger partial charge is 0.352 e. The van der Waals surface area contributed by atoms with Crippen molar-refractivity contribution in [2.75, 3.05) is 5.75 Å². The maximum atomic E-state index is 12.0. The predicted molar refractivity (Wildman–Crippen MR) is 86.9 cm³/mol. The van der Waals surface area contributed by atoms with Crippen LogP contribution in [0.25, 0.3) is 0 Å². The third-order valence-corrected chi connectivity index (χ3v) is 5.07. The minimum absolute atomic E-state index is 0.119. The second-order valence-electron chi connectivity index (χ2n) is 5.70. The molecule has 112 valence electrons. The zero-order valence-corrected chi connectivity index (χ0v) is 13.3. The van der Waals surface area contributed by atoms with Gasteiger partial charge in [-0.3, -0.25) is 4.79 Å². The molecule has 3 nitrogen and oxygen atoms in total. The molecule has 1 fully saturated rings. The zero-order valence-electron chi connectivity index (χ0n) is 12.5. The lowest BCUT2D eigenvalue weighted by Gasteiger charge is -2.29. The van der Waals surface area contributed by atoms with Gasteiger partial charge in [-0.25, -0.2) is 0 Å². The highest BCUT2D eigenvalue weighted by Crippen LogP contribution is 2.24. The van der Waals surface area contributed by atoms with E-state index in [2.05, 4.69) is 18.3 Å². The van der Waals surface area contributed by atoms with Crippen LogP contribution in [0.3, 0.4) is 0 Å². The van der Waals surface area contributed by atoms with Crippen molar-refractivity contribution in [3.8, 4) is 6.07 Å². The molecular formula is C17H22N2OS. The van der Waals surface area contributed by atoms with Crippen LogP contribution >= 0.6 is 11.8 Å². The first kappa shape index (κ1) is 15.9. The van der Waals surface area contributed by atoms with E-state index in [1.807, 2.05) is 24.3 Å². The second-order valence-corrected chi connectivity index (χ2v) is 6.68. The molecule has 1 saturated carbocycles. The molecule has 0 heterocycles. The van der Waals surface area contributed by atoms with Crippen molar-refractivity contribution in [3.05, 3.63) is 35.4 Å².